The second-order valence-electron chi connectivity index (χ2n) is 9.57. The van der Waals surface area contributed by atoms with Gasteiger partial charge in [-0.3, -0.25) is 4.79 Å². The van der Waals surface area contributed by atoms with Crippen LogP contribution in [0.2, 0.25) is 0 Å². The number of carbonyl (C=O) groups is 2. The lowest BCUT2D eigenvalue weighted by Gasteiger charge is -2.23. The summed E-state index contributed by atoms with van der Waals surface area (Å²) in [5.74, 6) is 0.00471. The number of unbranched alkanes of at least 4 members (excludes halogenated alkanes) is 2. The first-order valence-corrected chi connectivity index (χ1v) is 12.8. The fourth-order valence-electron chi connectivity index (χ4n) is 4.64. The van der Waals surface area contributed by atoms with Crippen molar-refractivity contribution in [3.8, 4) is 0 Å². The Balaban J connectivity index is 1.40. The predicted octanol–water partition coefficient (Wildman–Crippen LogP) is 5.36. The molecule has 1 N–H and O–H groups in total. The number of hydrogen-bond donors (Lipinski definition) is 1. The van der Waals surface area contributed by atoms with Gasteiger partial charge in [-0.15, -0.1) is 0 Å². The topological polar surface area (TPSA) is 66.8 Å². The van der Waals surface area contributed by atoms with E-state index in [1.54, 1.807) is 12.1 Å². The fraction of sp³-hybridized carbons (Fsp3) is 0.467. The van der Waals surface area contributed by atoms with E-state index in [4.69, 9.17) is 4.74 Å². The minimum absolute atomic E-state index is 0.0320. The summed E-state index contributed by atoms with van der Waals surface area (Å²) in [5, 5.41) is 10.6. The van der Waals surface area contributed by atoms with Crippen molar-refractivity contribution in [2.45, 2.75) is 70.4 Å². The van der Waals surface area contributed by atoms with Crippen LogP contribution in [0.15, 0.2) is 66.7 Å². The second kappa shape index (κ2) is 13.8. The van der Waals surface area contributed by atoms with Gasteiger partial charge in [0.1, 0.15) is 0 Å². The lowest BCUT2D eigenvalue weighted by Crippen LogP contribution is -2.34. The highest BCUT2D eigenvalue weighted by Gasteiger charge is 2.29. The van der Waals surface area contributed by atoms with Gasteiger partial charge in [-0.25, -0.2) is 4.79 Å². The third-order valence-corrected chi connectivity index (χ3v) is 6.97. The molecule has 35 heavy (non-hydrogen) atoms. The van der Waals surface area contributed by atoms with Gasteiger partial charge in [0.25, 0.3) is 0 Å². The van der Waals surface area contributed by atoms with Crippen LogP contribution < -0.4 is 0 Å². The summed E-state index contributed by atoms with van der Waals surface area (Å²) in [6, 6.07) is 17.9. The molecule has 1 aliphatic heterocycles. The van der Waals surface area contributed by atoms with Crippen LogP contribution in [0.1, 0.15) is 66.9 Å². The van der Waals surface area contributed by atoms with E-state index in [0.717, 1.165) is 37.7 Å². The molecule has 1 amide bonds. The van der Waals surface area contributed by atoms with Crippen LogP contribution in [0.25, 0.3) is 0 Å². The molecule has 3 atom stereocenters. The Morgan fingerprint density at radius 3 is 2.49 bits per heavy atom. The zero-order chi connectivity index (χ0) is 25.0. The van der Waals surface area contributed by atoms with E-state index in [1.165, 1.54) is 25.5 Å². The summed E-state index contributed by atoms with van der Waals surface area (Å²) in [6.07, 6.45) is 11.0. The molecule has 5 heteroatoms. The Kier molecular flexibility index (Phi) is 10.5. The van der Waals surface area contributed by atoms with Gasteiger partial charge in [-0.2, -0.15) is 0 Å². The number of carbonyl (C=O) groups excluding carboxylic acids is 2. The number of likely N-dealkylation sites (tertiary alicyclic amines) is 1. The average Bonchev–Trinajstić information content (AvgIpc) is 3.25. The first kappa shape index (κ1) is 26.7. The molecule has 188 valence electrons. The standard InChI is InChI=1S/C30H39NO4/c1-23(9-5-3-6-10-24-11-7-4-8-12-24)28(32)19-17-27-18-20-29(33)31(27)22-21-25-13-15-26(16-14-25)30(34)35-2/h4,7-8,11-17,19,23,27-28,32H,3,5-6,9-10,18,20-22H2,1-2H3/b19-17+/t23-,27-,28+/m0/s1. The molecule has 1 saturated heterocycles. The second-order valence-corrected chi connectivity index (χ2v) is 9.57. The minimum atomic E-state index is -0.493. The zero-order valence-corrected chi connectivity index (χ0v) is 21.1. The van der Waals surface area contributed by atoms with E-state index in [9.17, 15) is 14.7 Å². The van der Waals surface area contributed by atoms with E-state index >= 15 is 0 Å². The molecule has 0 bridgehead atoms. The molecule has 0 aromatic heterocycles. The fourth-order valence-corrected chi connectivity index (χ4v) is 4.64. The van der Waals surface area contributed by atoms with Crippen LogP contribution in [0, 0.1) is 5.92 Å². The van der Waals surface area contributed by atoms with Crippen LogP contribution in [-0.4, -0.2) is 47.7 Å². The molecule has 3 rings (SSSR count). The molecule has 5 nitrogen and oxygen atoms in total. The predicted molar refractivity (Wildman–Crippen MR) is 139 cm³/mol. The maximum atomic E-state index is 12.4. The number of aryl methyl sites for hydroxylation is 1. The monoisotopic (exact) mass is 477 g/mol. The van der Waals surface area contributed by atoms with Crippen molar-refractivity contribution in [3.63, 3.8) is 0 Å². The third kappa shape index (κ3) is 8.36. The van der Waals surface area contributed by atoms with Crippen molar-refractivity contribution in [3.05, 3.63) is 83.4 Å². The van der Waals surface area contributed by atoms with Crippen molar-refractivity contribution in [1.82, 2.24) is 4.90 Å². The number of aliphatic hydroxyl groups excluding tert-OH is 1. The van der Waals surface area contributed by atoms with Crippen LogP contribution in [0.5, 0.6) is 0 Å². The van der Waals surface area contributed by atoms with E-state index in [1.807, 2.05) is 35.3 Å². The van der Waals surface area contributed by atoms with E-state index in [0.29, 0.717) is 18.5 Å². The Morgan fingerprint density at radius 1 is 1.06 bits per heavy atom. The molecule has 0 radical (unpaired) electrons. The Bertz CT molecular complexity index is 954. The normalized spacial score (nSPS) is 17.6. The number of aliphatic hydroxyl groups is 1. The molecule has 0 spiro atoms. The van der Waals surface area contributed by atoms with Gasteiger partial charge in [0.05, 0.1) is 24.8 Å². The minimum Gasteiger partial charge on any atom is -0.465 e. The summed E-state index contributed by atoms with van der Waals surface area (Å²) in [5.41, 5.74) is 2.98. The van der Waals surface area contributed by atoms with Gasteiger partial charge in [-0.1, -0.05) is 74.4 Å². The van der Waals surface area contributed by atoms with E-state index < -0.39 is 6.10 Å². The third-order valence-electron chi connectivity index (χ3n) is 6.97. The highest BCUT2D eigenvalue weighted by Crippen LogP contribution is 2.22. The SMILES string of the molecule is COC(=O)c1ccc(CCN2C(=O)CC[C@@H]2/C=C/[C@@H](O)[C@@H](C)CCCCCc2ccccc2)cc1. The van der Waals surface area contributed by atoms with Crippen molar-refractivity contribution in [2.75, 3.05) is 13.7 Å². The molecule has 0 saturated carbocycles. The van der Waals surface area contributed by atoms with Crippen LogP contribution in [0.3, 0.4) is 0 Å². The van der Waals surface area contributed by atoms with E-state index in [2.05, 4.69) is 31.2 Å². The molecular formula is C30H39NO4. The van der Waals surface area contributed by atoms with E-state index in [-0.39, 0.29) is 23.8 Å². The summed E-state index contributed by atoms with van der Waals surface area (Å²) >= 11 is 0. The Hall–Kier alpha value is -2.92. The first-order chi connectivity index (χ1) is 17.0. The van der Waals surface area contributed by atoms with Gasteiger partial charge in [-0.05, 0) is 61.3 Å². The van der Waals surface area contributed by atoms with Gasteiger partial charge in [0.15, 0.2) is 0 Å². The van der Waals surface area contributed by atoms with Crippen molar-refractivity contribution in [2.24, 2.45) is 5.92 Å². The number of benzene rings is 2. The first-order valence-electron chi connectivity index (χ1n) is 12.8. The summed E-state index contributed by atoms with van der Waals surface area (Å²) in [6.45, 7) is 2.72. The maximum absolute atomic E-state index is 12.4. The number of hydrogen-bond acceptors (Lipinski definition) is 4. The molecular weight excluding hydrogens is 438 g/mol. The van der Waals surface area contributed by atoms with Gasteiger partial charge in [0.2, 0.25) is 5.91 Å². The number of esters is 1. The van der Waals surface area contributed by atoms with Crippen molar-refractivity contribution < 1.29 is 19.4 Å². The molecule has 0 unspecified atom stereocenters. The largest absolute Gasteiger partial charge is 0.465 e. The zero-order valence-electron chi connectivity index (χ0n) is 21.1. The lowest BCUT2D eigenvalue weighted by molar-refractivity contribution is -0.128. The average molecular weight is 478 g/mol. The van der Waals surface area contributed by atoms with Gasteiger partial charge >= 0.3 is 5.97 Å². The van der Waals surface area contributed by atoms with Crippen LogP contribution >= 0.6 is 0 Å². The molecule has 1 fully saturated rings. The van der Waals surface area contributed by atoms with Crippen LogP contribution in [0.4, 0.5) is 0 Å². The number of nitrogens with zero attached hydrogens (tertiary/aromatic N) is 1. The smallest absolute Gasteiger partial charge is 0.337 e. The quantitative estimate of drug-likeness (QED) is 0.239. The molecule has 2 aromatic rings. The Labute approximate surface area is 209 Å². The molecule has 2 aromatic carbocycles. The number of methoxy groups -OCH3 is 1. The van der Waals surface area contributed by atoms with Crippen molar-refractivity contribution in [1.29, 1.82) is 0 Å². The van der Waals surface area contributed by atoms with Crippen LogP contribution in [-0.2, 0) is 22.4 Å². The van der Waals surface area contributed by atoms with Gasteiger partial charge in [0, 0.05) is 13.0 Å². The summed E-state index contributed by atoms with van der Waals surface area (Å²) in [4.78, 5) is 25.9. The lowest BCUT2D eigenvalue weighted by atomic mass is 9.95. The molecule has 1 heterocycles. The van der Waals surface area contributed by atoms with Crippen molar-refractivity contribution >= 4 is 11.9 Å². The summed E-state index contributed by atoms with van der Waals surface area (Å²) < 4.78 is 4.74. The maximum Gasteiger partial charge on any atom is 0.337 e. The number of amides is 1. The highest BCUT2D eigenvalue weighted by molar-refractivity contribution is 5.89. The number of rotatable bonds is 13. The molecule has 1 aliphatic rings. The molecule has 0 aliphatic carbocycles. The number of ether oxygens (including phenoxy) is 1. The highest BCUT2D eigenvalue weighted by atomic mass is 16.5. The van der Waals surface area contributed by atoms with Gasteiger partial charge < -0.3 is 14.7 Å². The Morgan fingerprint density at radius 2 is 1.77 bits per heavy atom. The summed E-state index contributed by atoms with van der Waals surface area (Å²) in [7, 11) is 1.37.